The maximum absolute atomic E-state index is 12.6. The van der Waals surface area contributed by atoms with E-state index in [1.54, 1.807) is 7.11 Å². The number of rotatable bonds is 8. The molecule has 2 atom stereocenters. The second-order valence-electron chi connectivity index (χ2n) is 9.08. The Balaban J connectivity index is 2.16. The van der Waals surface area contributed by atoms with Crippen molar-refractivity contribution in [3.63, 3.8) is 0 Å². The number of hydrogen-bond donors (Lipinski definition) is 2. The smallest absolute Gasteiger partial charge is 0.407 e. The predicted molar refractivity (Wildman–Crippen MR) is 114 cm³/mol. The summed E-state index contributed by atoms with van der Waals surface area (Å²) in [7, 11) is 1.65. The van der Waals surface area contributed by atoms with Gasteiger partial charge in [-0.15, -0.1) is 10.2 Å². The predicted octanol–water partition coefficient (Wildman–Crippen LogP) is 1.80. The summed E-state index contributed by atoms with van der Waals surface area (Å²) >= 11 is 0. The molecule has 1 saturated heterocycles. The van der Waals surface area contributed by atoms with Gasteiger partial charge in [0, 0.05) is 39.4 Å². The van der Waals surface area contributed by atoms with Crippen molar-refractivity contribution < 1.29 is 19.1 Å². The number of nitrogens with one attached hydrogen (secondary N) is 2. The zero-order valence-electron chi connectivity index (χ0n) is 19.2. The normalized spacial score (nSPS) is 19.3. The van der Waals surface area contributed by atoms with Crippen LogP contribution in [0.1, 0.15) is 58.6 Å². The largest absolute Gasteiger partial charge is 0.444 e. The second kappa shape index (κ2) is 10.1. The third-order valence-corrected chi connectivity index (χ3v) is 4.68. The van der Waals surface area contributed by atoms with E-state index in [4.69, 9.17) is 9.47 Å². The van der Waals surface area contributed by atoms with E-state index in [1.165, 1.54) is 0 Å². The molecule has 0 radical (unpaired) electrons. The molecule has 2 rings (SSSR count). The number of nitrogens with zero attached hydrogens (tertiary/aromatic N) is 4. The van der Waals surface area contributed by atoms with Crippen LogP contribution in [0.25, 0.3) is 0 Å². The van der Waals surface area contributed by atoms with Gasteiger partial charge in [0.2, 0.25) is 11.8 Å². The second-order valence-corrected chi connectivity index (χ2v) is 9.08. The molecule has 1 aromatic heterocycles. The van der Waals surface area contributed by atoms with Gasteiger partial charge in [-0.2, -0.15) is 0 Å². The third kappa shape index (κ3) is 6.58. The minimum absolute atomic E-state index is 0.000654. The van der Waals surface area contributed by atoms with Crippen LogP contribution in [0.15, 0.2) is 0 Å². The van der Waals surface area contributed by atoms with Gasteiger partial charge in [-0.1, -0.05) is 6.92 Å². The SMILES string of the molecule is COCCCn1c(C(=O)NC(C)C)nnc1N1C[C@@H](C)[C@H](NC(=O)OC(C)(C)C)C1. The Hall–Kier alpha value is -2.36. The molecule has 1 aliphatic heterocycles. The summed E-state index contributed by atoms with van der Waals surface area (Å²) in [6.07, 6.45) is 0.298. The lowest BCUT2D eigenvalue weighted by molar-refractivity contribution is 0.0499. The summed E-state index contributed by atoms with van der Waals surface area (Å²) in [5.74, 6) is 0.845. The molecule has 2 N–H and O–H groups in total. The van der Waals surface area contributed by atoms with Crippen LogP contribution in [0.3, 0.4) is 0 Å². The Morgan fingerprint density at radius 3 is 2.53 bits per heavy atom. The number of anilines is 1. The lowest BCUT2D eigenvalue weighted by Gasteiger charge is -2.23. The van der Waals surface area contributed by atoms with Crippen molar-refractivity contribution in [3.05, 3.63) is 5.82 Å². The average molecular weight is 425 g/mol. The molecule has 30 heavy (non-hydrogen) atoms. The van der Waals surface area contributed by atoms with Crippen molar-refractivity contribution in [2.45, 2.75) is 72.2 Å². The van der Waals surface area contributed by atoms with E-state index in [9.17, 15) is 9.59 Å². The first-order valence-electron chi connectivity index (χ1n) is 10.5. The maximum Gasteiger partial charge on any atom is 0.407 e. The molecule has 0 spiro atoms. The highest BCUT2D eigenvalue weighted by atomic mass is 16.6. The standard InChI is InChI=1S/C20H36N6O4/c1-13(2)21-17(27)16-23-24-18(26(16)9-8-10-29-7)25-11-14(3)15(12-25)22-19(28)30-20(4,5)6/h13-15H,8-12H2,1-7H3,(H,21,27)(H,22,28)/t14-,15-/m1/s1. The van der Waals surface area contributed by atoms with Crippen LogP contribution < -0.4 is 15.5 Å². The molecule has 170 valence electrons. The van der Waals surface area contributed by atoms with E-state index in [0.717, 1.165) is 6.42 Å². The number of methoxy groups -OCH3 is 1. The van der Waals surface area contributed by atoms with E-state index in [-0.39, 0.29) is 29.7 Å². The molecule has 10 heteroatoms. The summed E-state index contributed by atoms with van der Waals surface area (Å²) in [5, 5.41) is 14.3. The van der Waals surface area contributed by atoms with Crippen LogP contribution >= 0.6 is 0 Å². The maximum atomic E-state index is 12.6. The zero-order chi connectivity index (χ0) is 22.5. The van der Waals surface area contributed by atoms with Gasteiger partial charge in [0.1, 0.15) is 5.60 Å². The fraction of sp³-hybridized carbons (Fsp3) is 0.800. The Morgan fingerprint density at radius 1 is 1.23 bits per heavy atom. The van der Waals surface area contributed by atoms with E-state index in [1.807, 2.05) is 39.2 Å². The Morgan fingerprint density at radius 2 is 1.93 bits per heavy atom. The van der Waals surface area contributed by atoms with Gasteiger partial charge >= 0.3 is 6.09 Å². The number of alkyl carbamates (subject to hydrolysis) is 1. The van der Waals surface area contributed by atoms with Gasteiger partial charge in [0.15, 0.2) is 0 Å². The zero-order valence-corrected chi connectivity index (χ0v) is 19.2. The number of carbonyl (C=O) groups is 2. The van der Waals surface area contributed by atoms with Gasteiger partial charge in [-0.05, 0) is 47.0 Å². The molecule has 1 aromatic rings. The number of amides is 2. The highest BCUT2D eigenvalue weighted by molar-refractivity contribution is 5.91. The summed E-state index contributed by atoms with van der Waals surface area (Å²) in [4.78, 5) is 26.8. The van der Waals surface area contributed by atoms with E-state index < -0.39 is 11.7 Å². The topological polar surface area (TPSA) is 111 Å². The monoisotopic (exact) mass is 424 g/mol. The Bertz CT molecular complexity index is 727. The van der Waals surface area contributed by atoms with Crippen LogP contribution in [-0.2, 0) is 16.0 Å². The van der Waals surface area contributed by atoms with Gasteiger partial charge in [0.25, 0.3) is 5.91 Å². The van der Waals surface area contributed by atoms with Crippen LogP contribution in [0.4, 0.5) is 10.7 Å². The number of aromatic nitrogens is 3. The third-order valence-electron chi connectivity index (χ3n) is 4.68. The van der Waals surface area contributed by atoms with Crippen LogP contribution in [0.5, 0.6) is 0 Å². The molecule has 1 fully saturated rings. The molecule has 2 heterocycles. The molecular weight excluding hydrogens is 388 g/mol. The lowest BCUT2D eigenvalue weighted by atomic mass is 10.1. The molecule has 0 saturated carbocycles. The molecule has 10 nitrogen and oxygen atoms in total. The van der Waals surface area contributed by atoms with Gasteiger partial charge in [-0.3, -0.25) is 9.36 Å². The molecular formula is C20H36N6O4. The van der Waals surface area contributed by atoms with Crippen LogP contribution in [0, 0.1) is 5.92 Å². The first-order valence-corrected chi connectivity index (χ1v) is 10.5. The number of hydrogen-bond acceptors (Lipinski definition) is 7. The molecule has 2 amide bonds. The van der Waals surface area contributed by atoms with Crippen molar-refractivity contribution in [3.8, 4) is 0 Å². The lowest BCUT2D eigenvalue weighted by Crippen LogP contribution is -2.42. The molecule has 0 aromatic carbocycles. The van der Waals surface area contributed by atoms with E-state index in [2.05, 4.69) is 32.7 Å². The fourth-order valence-electron chi connectivity index (χ4n) is 3.37. The minimum Gasteiger partial charge on any atom is -0.444 e. The fourth-order valence-corrected chi connectivity index (χ4v) is 3.37. The molecule has 1 aliphatic rings. The van der Waals surface area contributed by atoms with Crippen molar-refractivity contribution in [1.29, 1.82) is 0 Å². The van der Waals surface area contributed by atoms with E-state index >= 15 is 0 Å². The molecule has 0 aliphatic carbocycles. The minimum atomic E-state index is -0.550. The first kappa shape index (κ1) is 23.9. The Kier molecular flexibility index (Phi) is 8.05. The van der Waals surface area contributed by atoms with Crippen molar-refractivity contribution in [2.24, 2.45) is 5.92 Å². The summed E-state index contributed by atoms with van der Waals surface area (Å²) in [6.45, 7) is 13.8. The quantitative estimate of drug-likeness (QED) is 0.612. The average Bonchev–Trinajstić information content (AvgIpc) is 3.17. The summed E-state index contributed by atoms with van der Waals surface area (Å²) in [5.41, 5.74) is -0.550. The van der Waals surface area contributed by atoms with Crippen LogP contribution in [-0.4, -0.2) is 71.3 Å². The molecule has 0 bridgehead atoms. The highest BCUT2D eigenvalue weighted by Crippen LogP contribution is 2.24. The van der Waals surface area contributed by atoms with Gasteiger partial charge in [-0.25, -0.2) is 4.79 Å². The van der Waals surface area contributed by atoms with Crippen molar-refractivity contribution in [2.75, 3.05) is 31.7 Å². The van der Waals surface area contributed by atoms with Crippen molar-refractivity contribution in [1.82, 2.24) is 25.4 Å². The first-order chi connectivity index (χ1) is 14.0. The number of ether oxygens (including phenoxy) is 2. The summed E-state index contributed by atoms with van der Waals surface area (Å²) < 4.78 is 12.4. The van der Waals surface area contributed by atoms with Gasteiger partial charge in [0.05, 0.1) is 6.04 Å². The molecule has 0 unspecified atom stereocenters. The van der Waals surface area contributed by atoms with Crippen molar-refractivity contribution >= 4 is 17.9 Å². The summed E-state index contributed by atoms with van der Waals surface area (Å²) in [6, 6.07) is -0.0868. The van der Waals surface area contributed by atoms with E-state index in [0.29, 0.717) is 32.2 Å². The van der Waals surface area contributed by atoms with Crippen LogP contribution in [0.2, 0.25) is 0 Å². The number of carbonyl (C=O) groups excluding carboxylic acids is 2. The highest BCUT2D eigenvalue weighted by Gasteiger charge is 2.35. The van der Waals surface area contributed by atoms with Gasteiger partial charge < -0.3 is 25.0 Å². The Labute approximate surface area is 178 Å².